The predicted molar refractivity (Wildman–Crippen MR) is 89.3 cm³/mol. The Morgan fingerprint density at radius 1 is 1.32 bits per heavy atom. The molecule has 0 saturated carbocycles. The number of aliphatic hydroxyl groups is 1. The molecule has 1 aliphatic rings. The molecule has 0 unspecified atom stereocenters. The SMILES string of the molecule is O=C(NC[C@H]1OC[C@@H](NCc2cccnc2)[C@@H]1O)c1ccc(F)cc1. The van der Waals surface area contributed by atoms with Crippen molar-refractivity contribution >= 4 is 5.91 Å². The number of carbonyl (C=O) groups is 1. The summed E-state index contributed by atoms with van der Waals surface area (Å²) in [5, 5.41) is 16.3. The van der Waals surface area contributed by atoms with Crippen LogP contribution in [0.25, 0.3) is 0 Å². The fraction of sp³-hybridized carbons (Fsp3) is 0.333. The number of aliphatic hydroxyl groups excluding tert-OH is 1. The smallest absolute Gasteiger partial charge is 0.251 e. The Bertz CT molecular complexity index is 696. The van der Waals surface area contributed by atoms with Crippen molar-refractivity contribution in [2.75, 3.05) is 13.2 Å². The zero-order valence-electron chi connectivity index (χ0n) is 13.6. The maximum atomic E-state index is 12.9. The number of aromatic nitrogens is 1. The summed E-state index contributed by atoms with van der Waals surface area (Å²) in [5.74, 6) is -0.726. The summed E-state index contributed by atoms with van der Waals surface area (Å²) in [6.45, 7) is 1.12. The van der Waals surface area contributed by atoms with Crippen molar-refractivity contribution in [1.82, 2.24) is 15.6 Å². The zero-order chi connectivity index (χ0) is 17.6. The summed E-state index contributed by atoms with van der Waals surface area (Å²) in [7, 11) is 0. The minimum Gasteiger partial charge on any atom is -0.389 e. The van der Waals surface area contributed by atoms with Crippen LogP contribution in [0.5, 0.6) is 0 Å². The van der Waals surface area contributed by atoms with Crippen molar-refractivity contribution < 1.29 is 19.0 Å². The molecule has 2 aromatic rings. The second-order valence-electron chi connectivity index (χ2n) is 5.93. The van der Waals surface area contributed by atoms with Gasteiger partial charge in [-0.25, -0.2) is 4.39 Å². The van der Waals surface area contributed by atoms with E-state index in [9.17, 15) is 14.3 Å². The van der Waals surface area contributed by atoms with Gasteiger partial charge in [0.15, 0.2) is 0 Å². The lowest BCUT2D eigenvalue weighted by Gasteiger charge is -2.19. The van der Waals surface area contributed by atoms with E-state index in [-0.39, 0.29) is 18.5 Å². The molecule has 6 nitrogen and oxygen atoms in total. The van der Waals surface area contributed by atoms with Crippen LogP contribution in [0.15, 0.2) is 48.8 Å². The lowest BCUT2D eigenvalue weighted by atomic mass is 10.1. The van der Waals surface area contributed by atoms with E-state index >= 15 is 0 Å². The maximum absolute atomic E-state index is 12.9. The number of nitrogens with one attached hydrogen (secondary N) is 2. The zero-order valence-corrected chi connectivity index (χ0v) is 13.6. The van der Waals surface area contributed by atoms with E-state index in [1.54, 1.807) is 12.4 Å². The Morgan fingerprint density at radius 2 is 2.12 bits per heavy atom. The molecule has 3 rings (SSSR count). The van der Waals surface area contributed by atoms with Crippen molar-refractivity contribution in [3.63, 3.8) is 0 Å². The second kappa shape index (κ2) is 8.15. The van der Waals surface area contributed by atoms with Gasteiger partial charge in [0.2, 0.25) is 0 Å². The van der Waals surface area contributed by atoms with Crippen molar-refractivity contribution in [2.45, 2.75) is 24.8 Å². The predicted octanol–water partition coefficient (Wildman–Crippen LogP) is 0.869. The normalized spacial score (nSPS) is 22.7. The summed E-state index contributed by atoms with van der Waals surface area (Å²) in [6, 6.07) is 8.87. The molecule has 0 spiro atoms. The summed E-state index contributed by atoms with van der Waals surface area (Å²) in [5.41, 5.74) is 1.38. The molecule has 1 aromatic carbocycles. The van der Waals surface area contributed by atoms with Gasteiger partial charge in [0.05, 0.1) is 18.8 Å². The van der Waals surface area contributed by atoms with Gasteiger partial charge in [0, 0.05) is 31.0 Å². The first kappa shape index (κ1) is 17.5. The average molecular weight is 345 g/mol. The van der Waals surface area contributed by atoms with Crippen molar-refractivity contribution in [1.29, 1.82) is 0 Å². The molecule has 0 bridgehead atoms. The van der Waals surface area contributed by atoms with Crippen LogP contribution in [-0.2, 0) is 11.3 Å². The molecule has 1 amide bonds. The molecule has 132 valence electrons. The third kappa shape index (κ3) is 4.60. The third-order valence-corrected chi connectivity index (χ3v) is 4.14. The fourth-order valence-electron chi connectivity index (χ4n) is 2.69. The number of nitrogens with zero attached hydrogens (tertiary/aromatic N) is 1. The Balaban J connectivity index is 1.46. The highest BCUT2D eigenvalue weighted by molar-refractivity contribution is 5.94. The quantitative estimate of drug-likeness (QED) is 0.724. The number of hydrogen-bond acceptors (Lipinski definition) is 5. The number of benzene rings is 1. The van der Waals surface area contributed by atoms with Crippen LogP contribution in [0.2, 0.25) is 0 Å². The van der Waals surface area contributed by atoms with Gasteiger partial charge < -0.3 is 20.5 Å². The van der Waals surface area contributed by atoms with Gasteiger partial charge in [0.25, 0.3) is 5.91 Å². The number of carbonyl (C=O) groups excluding carboxylic acids is 1. The average Bonchev–Trinajstić information content (AvgIpc) is 2.99. The molecule has 2 heterocycles. The molecule has 0 radical (unpaired) electrons. The van der Waals surface area contributed by atoms with Gasteiger partial charge in [-0.15, -0.1) is 0 Å². The number of amides is 1. The van der Waals surface area contributed by atoms with E-state index in [0.717, 1.165) is 5.56 Å². The number of pyridine rings is 1. The van der Waals surface area contributed by atoms with E-state index in [4.69, 9.17) is 4.74 Å². The molecular weight excluding hydrogens is 325 g/mol. The van der Waals surface area contributed by atoms with Crippen molar-refractivity contribution in [3.8, 4) is 0 Å². The highest BCUT2D eigenvalue weighted by Gasteiger charge is 2.35. The van der Waals surface area contributed by atoms with Gasteiger partial charge in [0.1, 0.15) is 11.9 Å². The molecule has 1 saturated heterocycles. The molecule has 7 heteroatoms. The number of ether oxygens (including phenoxy) is 1. The summed E-state index contributed by atoms with van der Waals surface area (Å²) in [6.07, 6.45) is 2.24. The minimum absolute atomic E-state index is 0.183. The molecule has 1 aromatic heterocycles. The Morgan fingerprint density at radius 3 is 2.84 bits per heavy atom. The van der Waals surface area contributed by atoms with Crippen LogP contribution in [0.1, 0.15) is 15.9 Å². The van der Waals surface area contributed by atoms with E-state index in [0.29, 0.717) is 18.7 Å². The largest absolute Gasteiger partial charge is 0.389 e. The summed E-state index contributed by atoms with van der Waals surface area (Å²) < 4.78 is 18.4. The van der Waals surface area contributed by atoms with E-state index in [1.165, 1.54) is 24.3 Å². The molecule has 1 aliphatic heterocycles. The second-order valence-corrected chi connectivity index (χ2v) is 5.93. The first-order valence-corrected chi connectivity index (χ1v) is 8.09. The van der Waals surface area contributed by atoms with Gasteiger partial charge in [-0.3, -0.25) is 9.78 Å². The monoisotopic (exact) mass is 345 g/mol. The molecule has 25 heavy (non-hydrogen) atoms. The van der Waals surface area contributed by atoms with Gasteiger partial charge in [-0.2, -0.15) is 0 Å². The Hall–Kier alpha value is -2.35. The third-order valence-electron chi connectivity index (χ3n) is 4.14. The lowest BCUT2D eigenvalue weighted by Crippen LogP contribution is -2.44. The maximum Gasteiger partial charge on any atom is 0.251 e. The number of hydrogen-bond donors (Lipinski definition) is 3. The molecule has 0 aliphatic carbocycles. The van der Waals surface area contributed by atoms with Crippen LogP contribution in [-0.4, -0.2) is 47.4 Å². The molecule has 3 atom stereocenters. The van der Waals surface area contributed by atoms with Gasteiger partial charge in [-0.05, 0) is 35.9 Å². The topological polar surface area (TPSA) is 83.5 Å². The number of rotatable bonds is 6. The van der Waals surface area contributed by atoms with Crippen LogP contribution >= 0.6 is 0 Å². The molecule has 1 fully saturated rings. The highest BCUT2D eigenvalue weighted by atomic mass is 19.1. The summed E-state index contributed by atoms with van der Waals surface area (Å²) >= 11 is 0. The molecule has 3 N–H and O–H groups in total. The van der Waals surface area contributed by atoms with Crippen molar-refractivity contribution in [2.24, 2.45) is 0 Å². The molecular formula is C18H20FN3O3. The minimum atomic E-state index is -0.731. The van der Waals surface area contributed by atoms with Gasteiger partial charge >= 0.3 is 0 Å². The fourth-order valence-corrected chi connectivity index (χ4v) is 2.69. The van der Waals surface area contributed by atoms with Crippen LogP contribution in [0.3, 0.4) is 0 Å². The van der Waals surface area contributed by atoms with Crippen LogP contribution in [0, 0.1) is 5.82 Å². The summed E-state index contributed by atoms with van der Waals surface area (Å²) in [4.78, 5) is 16.1. The van der Waals surface area contributed by atoms with Crippen molar-refractivity contribution in [3.05, 3.63) is 65.7 Å². The first-order valence-electron chi connectivity index (χ1n) is 8.09. The Labute approximate surface area is 145 Å². The van der Waals surface area contributed by atoms with Crippen LogP contribution in [0.4, 0.5) is 4.39 Å². The Kier molecular flexibility index (Phi) is 5.70. The van der Waals surface area contributed by atoms with E-state index in [2.05, 4.69) is 15.6 Å². The van der Waals surface area contributed by atoms with E-state index in [1.807, 2.05) is 12.1 Å². The van der Waals surface area contributed by atoms with Crippen LogP contribution < -0.4 is 10.6 Å². The highest BCUT2D eigenvalue weighted by Crippen LogP contribution is 2.15. The first-order chi connectivity index (χ1) is 12.1. The van der Waals surface area contributed by atoms with Gasteiger partial charge in [-0.1, -0.05) is 6.07 Å². The van der Waals surface area contributed by atoms with E-state index < -0.39 is 18.0 Å². The number of halogens is 1. The lowest BCUT2D eigenvalue weighted by molar-refractivity contribution is 0.0398. The standard InChI is InChI=1S/C18H20FN3O3/c19-14-5-3-13(4-6-14)18(24)22-10-16-17(23)15(11-25-16)21-9-12-2-1-7-20-8-12/h1-8,15-17,21,23H,9-11H2,(H,22,24)/t15-,16-,17+/m1/s1.